The van der Waals surface area contributed by atoms with Gasteiger partial charge < -0.3 is 10.6 Å². The normalized spacial score (nSPS) is 10.7. The number of carbonyl (C=O) groups excluding carboxylic acids is 1. The highest BCUT2D eigenvalue weighted by Gasteiger charge is 2.14. The number of nitrogens with zero attached hydrogens (tertiary/aromatic N) is 2. The number of halogens is 2. The summed E-state index contributed by atoms with van der Waals surface area (Å²) in [5.74, 6) is -0.0933. The molecule has 0 fully saturated rings. The summed E-state index contributed by atoms with van der Waals surface area (Å²) in [4.78, 5) is 11.6. The van der Waals surface area contributed by atoms with E-state index in [1.165, 1.54) is 0 Å². The molecule has 0 unspecified atom stereocenters. The molecule has 19 heavy (non-hydrogen) atoms. The highest BCUT2D eigenvalue weighted by atomic mass is 35.5. The Morgan fingerprint density at radius 2 is 2.05 bits per heavy atom. The first-order valence-corrected chi connectivity index (χ1v) is 7.23. The minimum Gasteiger partial charge on any atom is -0.373 e. The number of aromatic nitrogens is 2. The summed E-state index contributed by atoms with van der Waals surface area (Å²) < 4.78 is 8.24. The van der Waals surface area contributed by atoms with E-state index in [2.05, 4.69) is 19.4 Å². The molecule has 0 saturated heterocycles. The third-order valence-electron chi connectivity index (χ3n) is 2.44. The summed E-state index contributed by atoms with van der Waals surface area (Å²) in [7, 11) is 0. The van der Waals surface area contributed by atoms with Crippen LogP contribution in [0, 0.1) is 0 Å². The topological polar surface area (TPSA) is 66.9 Å². The lowest BCUT2D eigenvalue weighted by molar-refractivity contribution is -0.119. The van der Waals surface area contributed by atoms with Crippen LogP contribution in [0.1, 0.15) is 13.3 Å². The van der Waals surface area contributed by atoms with Crippen molar-refractivity contribution in [1.82, 2.24) is 14.1 Å². The second-order valence-electron chi connectivity index (χ2n) is 3.88. The zero-order chi connectivity index (χ0) is 13.8. The molecule has 0 spiro atoms. The third kappa shape index (κ3) is 3.26. The molecule has 2 rings (SSSR count). The molecule has 1 aromatic heterocycles. The van der Waals surface area contributed by atoms with Gasteiger partial charge in [0.1, 0.15) is 11.0 Å². The number of carbonyl (C=O) groups is 1. The van der Waals surface area contributed by atoms with Gasteiger partial charge in [-0.1, -0.05) is 30.1 Å². The molecule has 0 aliphatic carbocycles. The lowest BCUT2D eigenvalue weighted by atomic mass is 10.2. The Morgan fingerprint density at radius 1 is 1.32 bits per heavy atom. The van der Waals surface area contributed by atoms with E-state index in [-0.39, 0.29) is 12.5 Å². The van der Waals surface area contributed by atoms with Crippen molar-refractivity contribution < 1.29 is 4.79 Å². The Labute approximate surface area is 124 Å². The first-order valence-electron chi connectivity index (χ1n) is 5.74. The van der Waals surface area contributed by atoms with E-state index in [9.17, 15) is 4.79 Å². The predicted molar refractivity (Wildman–Crippen MR) is 79.2 cm³/mol. The van der Waals surface area contributed by atoms with Crippen molar-refractivity contribution in [3.05, 3.63) is 16.1 Å². The molecule has 1 aromatic carbocycles. The molecular weight excluding hydrogens is 307 g/mol. The van der Waals surface area contributed by atoms with Gasteiger partial charge in [-0.25, -0.2) is 0 Å². The minimum atomic E-state index is -0.0933. The molecule has 0 bridgehead atoms. The fourth-order valence-electron chi connectivity index (χ4n) is 1.54. The first kappa shape index (κ1) is 14.3. The van der Waals surface area contributed by atoms with Gasteiger partial charge in [-0.05, 0) is 12.5 Å². The quantitative estimate of drug-likeness (QED) is 0.889. The van der Waals surface area contributed by atoms with Crippen molar-refractivity contribution >= 4 is 57.6 Å². The van der Waals surface area contributed by atoms with Crippen LogP contribution in [0.15, 0.2) is 6.07 Å². The highest BCUT2D eigenvalue weighted by Crippen LogP contribution is 2.34. The predicted octanol–water partition coefficient (Wildman–Crippen LogP) is 2.94. The monoisotopic (exact) mass is 318 g/mol. The molecule has 5 nitrogen and oxygen atoms in total. The van der Waals surface area contributed by atoms with E-state index >= 15 is 0 Å². The van der Waals surface area contributed by atoms with Gasteiger partial charge in [0.2, 0.25) is 5.91 Å². The van der Waals surface area contributed by atoms with E-state index in [0.29, 0.717) is 33.3 Å². The fourth-order valence-corrected chi connectivity index (χ4v) is 2.72. The maximum Gasteiger partial charge on any atom is 0.239 e. The highest BCUT2D eigenvalue weighted by molar-refractivity contribution is 7.00. The Balaban J connectivity index is 2.16. The maximum absolute atomic E-state index is 11.6. The summed E-state index contributed by atoms with van der Waals surface area (Å²) in [6, 6.07) is 1.60. The number of hydrogen-bond acceptors (Lipinski definition) is 5. The Kier molecular flexibility index (Phi) is 4.79. The Morgan fingerprint density at radius 3 is 2.79 bits per heavy atom. The Bertz CT molecular complexity index is 602. The summed E-state index contributed by atoms with van der Waals surface area (Å²) in [5.41, 5.74) is 1.76. The molecule has 0 radical (unpaired) electrons. The van der Waals surface area contributed by atoms with Gasteiger partial charge in [0.15, 0.2) is 0 Å². The number of rotatable bonds is 5. The van der Waals surface area contributed by atoms with Gasteiger partial charge >= 0.3 is 0 Å². The van der Waals surface area contributed by atoms with E-state index < -0.39 is 0 Å². The summed E-state index contributed by atoms with van der Waals surface area (Å²) in [6.45, 7) is 2.78. The van der Waals surface area contributed by atoms with Crippen LogP contribution in [0.5, 0.6) is 0 Å². The van der Waals surface area contributed by atoms with Gasteiger partial charge in [0.25, 0.3) is 0 Å². The van der Waals surface area contributed by atoms with Gasteiger partial charge in [-0.2, -0.15) is 8.75 Å². The number of nitrogens with one attached hydrogen (secondary N) is 2. The summed E-state index contributed by atoms with van der Waals surface area (Å²) in [5, 5.41) is 6.63. The standard InChI is InChI=1S/C11H12Cl2N4OS/c1-2-3-14-8(18)5-15-9-6(12)4-7(13)10-11(9)17-19-16-10/h4,15H,2-3,5H2,1H3,(H,14,18). The number of amides is 1. The van der Waals surface area contributed by atoms with Crippen LogP contribution in [0.4, 0.5) is 5.69 Å². The molecular formula is C11H12Cl2N4OS. The molecule has 0 aliphatic heterocycles. The fraction of sp³-hybridized carbons (Fsp3) is 0.364. The number of anilines is 1. The number of fused-ring (bicyclic) bond motifs is 1. The van der Waals surface area contributed by atoms with Gasteiger partial charge in [0.05, 0.1) is 34.0 Å². The first-order chi connectivity index (χ1) is 9.13. The van der Waals surface area contributed by atoms with Crippen LogP contribution in [0.3, 0.4) is 0 Å². The van der Waals surface area contributed by atoms with Crippen LogP contribution in [0.25, 0.3) is 11.0 Å². The van der Waals surface area contributed by atoms with Crippen molar-refractivity contribution in [2.75, 3.05) is 18.4 Å². The van der Waals surface area contributed by atoms with E-state index in [1.807, 2.05) is 6.92 Å². The second kappa shape index (κ2) is 6.36. The third-order valence-corrected chi connectivity index (χ3v) is 3.56. The summed E-state index contributed by atoms with van der Waals surface area (Å²) >= 11 is 13.2. The molecule has 1 heterocycles. The average Bonchev–Trinajstić information content (AvgIpc) is 2.85. The second-order valence-corrected chi connectivity index (χ2v) is 5.22. The van der Waals surface area contributed by atoms with Gasteiger partial charge in [-0.3, -0.25) is 4.79 Å². The molecule has 102 valence electrons. The van der Waals surface area contributed by atoms with Crippen molar-refractivity contribution in [2.24, 2.45) is 0 Å². The molecule has 0 aliphatic rings. The van der Waals surface area contributed by atoms with Crippen molar-refractivity contribution in [3.8, 4) is 0 Å². The zero-order valence-electron chi connectivity index (χ0n) is 10.2. The molecule has 2 aromatic rings. The van der Waals surface area contributed by atoms with Crippen LogP contribution in [-0.2, 0) is 4.79 Å². The largest absolute Gasteiger partial charge is 0.373 e. The SMILES string of the molecule is CCCNC(=O)CNc1c(Cl)cc(Cl)c2nsnc12. The average molecular weight is 319 g/mol. The number of hydrogen-bond donors (Lipinski definition) is 2. The van der Waals surface area contributed by atoms with Crippen LogP contribution in [0.2, 0.25) is 10.0 Å². The van der Waals surface area contributed by atoms with Crippen molar-refractivity contribution in [1.29, 1.82) is 0 Å². The molecule has 0 atom stereocenters. The zero-order valence-corrected chi connectivity index (χ0v) is 12.5. The van der Waals surface area contributed by atoms with Gasteiger partial charge in [-0.15, -0.1) is 0 Å². The molecule has 2 N–H and O–H groups in total. The van der Waals surface area contributed by atoms with Gasteiger partial charge in [0, 0.05) is 6.54 Å². The molecule has 0 saturated carbocycles. The van der Waals surface area contributed by atoms with Crippen molar-refractivity contribution in [3.63, 3.8) is 0 Å². The van der Waals surface area contributed by atoms with Crippen LogP contribution in [-0.4, -0.2) is 27.7 Å². The van der Waals surface area contributed by atoms with E-state index in [4.69, 9.17) is 23.2 Å². The van der Waals surface area contributed by atoms with Crippen molar-refractivity contribution in [2.45, 2.75) is 13.3 Å². The maximum atomic E-state index is 11.6. The van der Waals surface area contributed by atoms with Crippen LogP contribution < -0.4 is 10.6 Å². The number of benzene rings is 1. The molecule has 8 heteroatoms. The lowest BCUT2D eigenvalue weighted by Gasteiger charge is -2.09. The Hall–Kier alpha value is -1.11. The minimum absolute atomic E-state index is 0.0933. The van der Waals surface area contributed by atoms with Crippen LogP contribution >= 0.6 is 34.9 Å². The van der Waals surface area contributed by atoms with E-state index in [0.717, 1.165) is 18.1 Å². The smallest absolute Gasteiger partial charge is 0.239 e. The van der Waals surface area contributed by atoms with E-state index in [1.54, 1.807) is 6.07 Å². The lowest BCUT2D eigenvalue weighted by Crippen LogP contribution is -2.30. The molecule has 1 amide bonds. The summed E-state index contributed by atoms with van der Waals surface area (Å²) in [6.07, 6.45) is 0.897.